The van der Waals surface area contributed by atoms with Crippen LogP contribution in [0.1, 0.15) is 18.9 Å². The van der Waals surface area contributed by atoms with Crippen LogP contribution in [-0.4, -0.2) is 6.04 Å². The molecule has 1 atom stereocenters. The van der Waals surface area contributed by atoms with Gasteiger partial charge < -0.3 is 5.73 Å². The van der Waals surface area contributed by atoms with Gasteiger partial charge in [0.25, 0.3) is 0 Å². The topological polar surface area (TPSA) is 26.0 Å². The number of halogens is 1. The SMILES string of the molecule is CCC(N)Cc1cccc(F)c1Sc1cccs1. The standard InChI is InChI=1S/C14H16FNS2/c1-2-11(16)9-10-5-3-6-12(15)14(10)18-13-7-4-8-17-13/h3-8,11H,2,9,16H2,1H3. The van der Waals surface area contributed by atoms with Gasteiger partial charge in [-0.3, -0.25) is 0 Å². The Labute approximate surface area is 115 Å². The molecule has 1 unspecified atom stereocenters. The highest BCUT2D eigenvalue weighted by Crippen LogP contribution is 2.35. The first-order valence-corrected chi connectivity index (χ1v) is 7.64. The first kappa shape index (κ1) is 13.6. The van der Waals surface area contributed by atoms with E-state index in [4.69, 9.17) is 5.73 Å². The molecule has 0 fully saturated rings. The summed E-state index contributed by atoms with van der Waals surface area (Å²) in [6.45, 7) is 2.05. The van der Waals surface area contributed by atoms with E-state index in [2.05, 4.69) is 6.92 Å². The lowest BCUT2D eigenvalue weighted by atomic mass is 10.0. The Morgan fingerprint density at radius 3 is 2.83 bits per heavy atom. The second-order valence-corrected chi connectivity index (χ2v) is 6.39. The maximum atomic E-state index is 13.9. The van der Waals surface area contributed by atoms with Crippen molar-refractivity contribution in [2.24, 2.45) is 5.73 Å². The average Bonchev–Trinajstić information content (AvgIpc) is 2.86. The molecular formula is C14H16FNS2. The highest BCUT2D eigenvalue weighted by molar-refractivity contribution is 8.01. The van der Waals surface area contributed by atoms with Crippen LogP contribution in [0.3, 0.4) is 0 Å². The molecular weight excluding hydrogens is 265 g/mol. The van der Waals surface area contributed by atoms with E-state index in [0.717, 1.165) is 22.6 Å². The highest BCUT2D eigenvalue weighted by Gasteiger charge is 2.12. The summed E-state index contributed by atoms with van der Waals surface area (Å²) in [7, 11) is 0. The van der Waals surface area contributed by atoms with E-state index in [0.29, 0.717) is 4.90 Å². The molecule has 0 spiro atoms. The van der Waals surface area contributed by atoms with Crippen molar-refractivity contribution in [2.45, 2.75) is 34.9 Å². The number of thiophene rings is 1. The molecule has 4 heteroatoms. The summed E-state index contributed by atoms with van der Waals surface area (Å²) in [6.07, 6.45) is 1.63. The minimum atomic E-state index is -0.158. The molecule has 18 heavy (non-hydrogen) atoms. The second kappa shape index (κ2) is 6.36. The summed E-state index contributed by atoms with van der Waals surface area (Å²) < 4.78 is 15.0. The van der Waals surface area contributed by atoms with Gasteiger partial charge >= 0.3 is 0 Å². The molecule has 2 rings (SSSR count). The highest BCUT2D eigenvalue weighted by atomic mass is 32.2. The molecule has 1 aromatic carbocycles. The Bertz CT molecular complexity index is 497. The molecule has 0 aliphatic carbocycles. The fourth-order valence-corrected chi connectivity index (χ4v) is 3.53. The van der Waals surface area contributed by atoms with Crippen molar-refractivity contribution >= 4 is 23.1 Å². The Morgan fingerprint density at radius 1 is 1.33 bits per heavy atom. The van der Waals surface area contributed by atoms with Crippen LogP contribution in [0.4, 0.5) is 4.39 Å². The van der Waals surface area contributed by atoms with Crippen molar-refractivity contribution in [3.63, 3.8) is 0 Å². The molecule has 2 aromatic rings. The van der Waals surface area contributed by atoms with E-state index in [9.17, 15) is 4.39 Å². The van der Waals surface area contributed by atoms with Crippen molar-refractivity contribution in [2.75, 3.05) is 0 Å². The maximum Gasteiger partial charge on any atom is 0.137 e. The summed E-state index contributed by atoms with van der Waals surface area (Å²) >= 11 is 3.11. The Morgan fingerprint density at radius 2 is 2.17 bits per heavy atom. The van der Waals surface area contributed by atoms with Gasteiger partial charge in [-0.2, -0.15) is 0 Å². The third-order valence-corrected chi connectivity index (χ3v) is 4.95. The van der Waals surface area contributed by atoms with E-state index in [-0.39, 0.29) is 11.9 Å². The first-order chi connectivity index (χ1) is 8.70. The predicted octanol–water partition coefficient (Wildman–Crippen LogP) is 4.32. The van der Waals surface area contributed by atoms with Crippen molar-refractivity contribution in [1.82, 2.24) is 0 Å². The summed E-state index contributed by atoms with van der Waals surface area (Å²) in [5.74, 6) is -0.158. The monoisotopic (exact) mass is 281 g/mol. The molecule has 0 saturated carbocycles. The third kappa shape index (κ3) is 3.34. The Kier molecular flexibility index (Phi) is 4.80. The van der Waals surface area contributed by atoms with Crippen LogP contribution in [0.5, 0.6) is 0 Å². The Balaban J connectivity index is 2.26. The lowest BCUT2D eigenvalue weighted by molar-refractivity contribution is 0.585. The van der Waals surface area contributed by atoms with Gasteiger partial charge in [-0.1, -0.05) is 36.9 Å². The smallest absolute Gasteiger partial charge is 0.137 e. The van der Waals surface area contributed by atoms with E-state index in [1.807, 2.05) is 23.6 Å². The van der Waals surface area contributed by atoms with Gasteiger partial charge in [-0.05, 0) is 35.9 Å². The second-order valence-electron chi connectivity index (χ2n) is 4.13. The quantitative estimate of drug-likeness (QED) is 0.883. The molecule has 0 aliphatic rings. The Hall–Kier alpha value is -0.840. The van der Waals surface area contributed by atoms with Crippen molar-refractivity contribution in [3.8, 4) is 0 Å². The molecule has 96 valence electrons. The zero-order valence-corrected chi connectivity index (χ0v) is 11.9. The minimum Gasteiger partial charge on any atom is -0.327 e. The van der Waals surface area contributed by atoms with Crippen LogP contribution in [0.2, 0.25) is 0 Å². The molecule has 2 N–H and O–H groups in total. The van der Waals surface area contributed by atoms with Gasteiger partial charge in [0.1, 0.15) is 5.82 Å². The number of hydrogen-bond donors (Lipinski definition) is 1. The molecule has 1 nitrogen and oxygen atoms in total. The lowest BCUT2D eigenvalue weighted by Crippen LogP contribution is -2.21. The van der Waals surface area contributed by atoms with Crippen molar-refractivity contribution in [3.05, 3.63) is 47.1 Å². The molecule has 0 aliphatic heterocycles. The number of nitrogens with two attached hydrogens (primary N) is 1. The van der Waals surface area contributed by atoms with Gasteiger partial charge in [-0.25, -0.2) is 4.39 Å². The summed E-state index contributed by atoms with van der Waals surface area (Å²) in [5, 5.41) is 2.00. The van der Waals surface area contributed by atoms with Gasteiger partial charge in [0.05, 0.1) is 9.10 Å². The molecule has 1 aromatic heterocycles. The normalized spacial score (nSPS) is 12.6. The molecule has 0 saturated heterocycles. The van der Waals surface area contributed by atoms with Gasteiger partial charge in [-0.15, -0.1) is 11.3 Å². The zero-order valence-electron chi connectivity index (χ0n) is 10.2. The number of rotatable bonds is 5. The average molecular weight is 281 g/mol. The van der Waals surface area contributed by atoms with Crippen LogP contribution in [0, 0.1) is 5.82 Å². The van der Waals surface area contributed by atoms with Crippen LogP contribution in [0.15, 0.2) is 44.8 Å². The van der Waals surface area contributed by atoms with Gasteiger partial charge in [0.15, 0.2) is 0 Å². The van der Waals surface area contributed by atoms with Crippen LogP contribution >= 0.6 is 23.1 Å². The van der Waals surface area contributed by atoms with Gasteiger partial charge in [0, 0.05) is 6.04 Å². The van der Waals surface area contributed by atoms with Crippen molar-refractivity contribution in [1.29, 1.82) is 0 Å². The predicted molar refractivity (Wildman–Crippen MR) is 76.8 cm³/mol. The van der Waals surface area contributed by atoms with E-state index in [1.165, 1.54) is 17.8 Å². The minimum absolute atomic E-state index is 0.0921. The van der Waals surface area contributed by atoms with Gasteiger partial charge in [0.2, 0.25) is 0 Å². The zero-order chi connectivity index (χ0) is 13.0. The fourth-order valence-electron chi connectivity index (χ4n) is 1.68. The summed E-state index contributed by atoms with van der Waals surface area (Å²) in [5.41, 5.74) is 6.97. The lowest BCUT2D eigenvalue weighted by Gasteiger charge is -2.13. The number of hydrogen-bond acceptors (Lipinski definition) is 3. The van der Waals surface area contributed by atoms with E-state index < -0.39 is 0 Å². The molecule has 0 amide bonds. The van der Waals surface area contributed by atoms with Crippen LogP contribution < -0.4 is 5.73 Å². The van der Waals surface area contributed by atoms with Crippen molar-refractivity contribution < 1.29 is 4.39 Å². The van der Waals surface area contributed by atoms with E-state index >= 15 is 0 Å². The molecule has 0 radical (unpaired) electrons. The number of benzene rings is 1. The third-order valence-electron chi connectivity index (χ3n) is 2.75. The fraction of sp³-hybridized carbons (Fsp3) is 0.286. The first-order valence-electron chi connectivity index (χ1n) is 5.95. The molecule has 1 heterocycles. The maximum absolute atomic E-state index is 13.9. The largest absolute Gasteiger partial charge is 0.327 e. The summed E-state index contributed by atoms with van der Waals surface area (Å²) in [6, 6.07) is 9.31. The van der Waals surface area contributed by atoms with Crippen LogP contribution in [0.25, 0.3) is 0 Å². The summed E-state index contributed by atoms with van der Waals surface area (Å²) in [4.78, 5) is 0.712. The van der Waals surface area contributed by atoms with E-state index in [1.54, 1.807) is 17.4 Å². The van der Waals surface area contributed by atoms with Crippen LogP contribution in [-0.2, 0) is 6.42 Å². The molecule has 0 bridgehead atoms.